The number of rotatable bonds is 8. The Hall–Kier alpha value is -2.27. The minimum absolute atomic E-state index is 0.0449. The van der Waals surface area contributed by atoms with Crippen LogP contribution in [0.25, 0.3) is 0 Å². The molecule has 0 bridgehead atoms. The molecule has 0 unspecified atom stereocenters. The Balaban J connectivity index is 2.09. The van der Waals surface area contributed by atoms with Crippen LogP contribution in [-0.4, -0.2) is 35.1 Å². The van der Waals surface area contributed by atoms with Gasteiger partial charge in [0.1, 0.15) is 6.04 Å². The Morgan fingerprint density at radius 1 is 1.04 bits per heavy atom. The standard InChI is InChI=1S/C20H24N2O2S/c1-3-21-20(24)16(2)22(14-17-10-6-4-7-11-17)19(23)15-25-18-12-8-5-9-13-18/h4-13,16H,3,14-15H2,1-2H3,(H,21,24)/t16-/m1/s1. The maximum absolute atomic E-state index is 12.8. The van der Waals surface area contributed by atoms with Crippen molar-refractivity contribution in [2.45, 2.75) is 31.3 Å². The molecule has 25 heavy (non-hydrogen) atoms. The van der Waals surface area contributed by atoms with Crippen LogP contribution < -0.4 is 5.32 Å². The number of likely N-dealkylation sites (N-methyl/N-ethyl adjacent to an activating group) is 1. The Morgan fingerprint density at radius 3 is 2.24 bits per heavy atom. The van der Waals surface area contributed by atoms with Crippen molar-refractivity contribution in [1.29, 1.82) is 0 Å². The molecule has 0 heterocycles. The van der Waals surface area contributed by atoms with Gasteiger partial charge in [-0.2, -0.15) is 0 Å². The lowest BCUT2D eigenvalue weighted by molar-refractivity contribution is -0.138. The second kappa shape index (κ2) is 9.89. The highest BCUT2D eigenvalue weighted by Crippen LogP contribution is 2.19. The fraction of sp³-hybridized carbons (Fsp3) is 0.300. The summed E-state index contributed by atoms with van der Waals surface area (Å²) in [5.41, 5.74) is 1.01. The predicted octanol–water partition coefficient (Wildman–Crippen LogP) is 3.33. The van der Waals surface area contributed by atoms with Crippen molar-refractivity contribution >= 4 is 23.6 Å². The van der Waals surface area contributed by atoms with Gasteiger partial charge < -0.3 is 10.2 Å². The maximum atomic E-state index is 12.8. The second-order valence-electron chi connectivity index (χ2n) is 5.68. The fourth-order valence-electron chi connectivity index (χ4n) is 2.43. The number of carbonyl (C=O) groups excluding carboxylic acids is 2. The molecule has 2 amide bonds. The summed E-state index contributed by atoms with van der Waals surface area (Å²) in [5, 5.41) is 2.80. The van der Waals surface area contributed by atoms with Crippen LogP contribution in [0.5, 0.6) is 0 Å². The van der Waals surface area contributed by atoms with Gasteiger partial charge in [-0.15, -0.1) is 11.8 Å². The third kappa shape index (κ3) is 5.94. The van der Waals surface area contributed by atoms with E-state index in [1.807, 2.05) is 67.6 Å². The summed E-state index contributed by atoms with van der Waals surface area (Å²) in [7, 11) is 0. The van der Waals surface area contributed by atoms with Crippen molar-refractivity contribution in [3.8, 4) is 0 Å². The Labute approximate surface area is 153 Å². The first-order valence-electron chi connectivity index (χ1n) is 8.40. The highest BCUT2D eigenvalue weighted by atomic mass is 32.2. The van der Waals surface area contributed by atoms with Gasteiger partial charge in [0.25, 0.3) is 0 Å². The maximum Gasteiger partial charge on any atom is 0.242 e. The van der Waals surface area contributed by atoms with Crippen LogP contribution in [0.1, 0.15) is 19.4 Å². The monoisotopic (exact) mass is 356 g/mol. The molecule has 0 fully saturated rings. The molecule has 4 nitrogen and oxygen atoms in total. The van der Waals surface area contributed by atoms with Crippen LogP contribution in [0, 0.1) is 0 Å². The van der Waals surface area contributed by atoms with Gasteiger partial charge in [-0.25, -0.2) is 0 Å². The van der Waals surface area contributed by atoms with Gasteiger partial charge in [-0.3, -0.25) is 9.59 Å². The van der Waals surface area contributed by atoms with E-state index in [0.29, 0.717) is 18.8 Å². The first kappa shape index (κ1) is 19.1. The van der Waals surface area contributed by atoms with Crippen molar-refractivity contribution in [2.75, 3.05) is 12.3 Å². The SMILES string of the molecule is CCNC(=O)[C@@H](C)N(Cc1ccccc1)C(=O)CSc1ccccc1. The number of benzene rings is 2. The fourth-order valence-corrected chi connectivity index (χ4v) is 3.23. The molecule has 0 aliphatic carbocycles. The van der Waals surface area contributed by atoms with E-state index in [0.717, 1.165) is 10.5 Å². The van der Waals surface area contributed by atoms with Crippen LogP contribution in [-0.2, 0) is 16.1 Å². The molecule has 0 saturated heterocycles. The first-order valence-corrected chi connectivity index (χ1v) is 9.39. The largest absolute Gasteiger partial charge is 0.355 e. The minimum atomic E-state index is -0.510. The number of carbonyl (C=O) groups is 2. The molecule has 0 radical (unpaired) electrons. The quantitative estimate of drug-likeness (QED) is 0.738. The van der Waals surface area contributed by atoms with Gasteiger partial charge in [0.15, 0.2) is 0 Å². The summed E-state index contributed by atoms with van der Waals surface area (Å²) < 4.78 is 0. The molecule has 2 aromatic rings. The van der Waals surface area contributed by atoms with Crippen LogP contribution in [0.3, 0.4) is 0 Å². The lowest BCUT2D eigenvalue weighted by atomic mass is 10.1. The third-order valence-electron chi connectivity index (χ3n) is 3.82. The molecule has 2 aromatic carbocycles. The first-order chi connectivity index (χ1) is 12.1. The second-order valence-corrected chi connectivity index (χ2v) is 6.73. The van der Waals surface area contributed by atoms with Crippen molar-refractivity contribution < 1.29 is 9.59 Å². The van der Waals surface area contributed by atoms with E-state index < -0.39 is 6.04 Å². The normalized spacial score (nSPS) is 11.6. The van der Waals surface area contributed by atoms with E-state index in [1.165, 1.54) is 11.8 Å². The van der Waals surface area contributed by atoms with Crippen molar-refractivity contribution in [2.24, 2.45) is 0 Å². The summed E-state index contributed by atoms with van der Waals surface area (Å²) in [5.74, 6) is 0.133. The Bertz CT molecular complexity index is 677. The van der Waals surface area contributed by atoms with E-state index in [4.69, 9.17) is 0 Å². The summed E-state index contributed by atoms with van der Waals surface area (Å²) in [6.07, 6.45) is 0. The number of hydrogen-bond acceptors (Lipinski definition) is 3. The van der Waals surface area contributed by atoms with Crippen LogP contribution in [0.2, 0.25) is 0 Å². The minimum Gasteiger partial charge on any atom is -0.355 e. The lowest BCUT2D eigenvalue weighted by Crippen LogP contribution is -2.48. The smallest absolute Gasteiger partial charge is 0.242 e. The van der Waals surface area contributed by atoms with E-state index in [2.05, 4.69) is 5.32 Å². The van der Waals surface area contributed by atoms with Crippen LogP contribution in [0.15, 0.2) is 65.6 Å². The Morgan fingerprint density at radius 2 is 1.64 bits per heavy atom. The Kier molecular flexibility index (Phi) is 7.54. The van der Waals surface area contributed by atoms with Gasteiger partial charge in [0.05, 0.1) is 5.75 Å². The zero-order valence-electron chi connectivity index (χ0n) is 14.6. The number of nitrogens with one attached hydrogen (secondary N) is 1. The van der Waals surface area contributed by atoms with Crippen LogP contribution in [0.4, 0.5) is 0 Å². The molecule has 0 saturated carbocycles. The van der Waals surface area contributed by atoms with E-state index in [1.54, 1.807) is 11.8 Å². The van der Waals surface area contributed by atoms with Crippen molar-refractivity contribution in [1.82, 2.24) is 10.2 Å². The molecule has 0 aromatic heterocycles. The number of amides is 2. The molecule has 2 rings (SSSR count). The zero-order valence-corrected chi connectivity index (χ0v) is 15.5. The molecule has 1 N–H and O–H groups in total. The highest BCUT2D eigenvalue weighted by molar-refractivity contribution is 8.00. The van der Waals surface area contributed by atoms with E-state index in [-0.39, 0.29) is 11.8 Å². The van der Waals surface area contributed by atoms with Crippen molar-refractivity contribution in [3.63, 3.8) is 0 Å². The average Bonchev–Trinajstić information content (AvgIpc) is 2.65. The van der Waals surface area contributed by atoms with Crippen LogP contribution >= 0.6 is 11.8 Å². The molecule has 1 atom stereocenters. The lowest BCUT2D eigenvalue weighted by Gasteiger charge is -2.28. The van der Waals surface area contributed by atoms with Gasteiger partial charge in [0.2, 0.25) is 11.8 Å². The van der Waals surface area contributed by atoms with Gasteiger partial charge >= 0.3 is 0 Å². The molecule has 0 spiro atoms. The van der Waals surface area contributed by atoms with E-state index >= 15 is 0 Å². The number of hydrogen-bond donors (Lipinski definition) is 1. The summed E-state index contributed by atoms with van der Waals surface area (Å²) in [6, 6.07) is 19.0. The van der Waals surface area contributed by atoms with Gasteiger partial charge in [-0.1, -0.05) is 48.5 Å². The average molecular weight is 356 g/mol. The third-order valence-corrected chi connectivity index (χ3v) is 4.82. The van der Waals surface area contributed by atoms with E-state index in [9.17, 15) is 9.59 Å². The summed E-state index contributed by atoms with van der Waals surface area (Å²) in [4.78, 5) is 27.7. The molecule has 5 heteroatoms. The van der Waals surface area contributed by atoms with Gasteiger partial charge in [0, 0.05) is 18.0 Å². The molecule has 132 valence electrons. The molecule has 0 aliphatic rings. The van der Waals surface area contributed by atoms with Crippen molar-refractivity contribution in [3.05, 3.63) is 66.2 Å². The molecular formula is C20H24N2O2S. The summed E-state index contributed by atoms with van der Waals surface area (Å²) in [6.45, 7) is 4.63. The number of nitrogens with zero attached hydrogens (tertiary/aromatic N) is 1. The highest BCUT2D eigenvalue weighted by Gasteiger charge is 2.25. The summed E-state index contributed by atoms with van der Waals surface area (Å²) >= 11 is 1.49. The van der Waals surface area contributed by atoms with Gasteiger partial charge in [-0.05, 0) is 31.5 Å². The zero-order chi connectivity index (χ0) is 18.1. The number of thioether (sulfide) groups is 1. The predicted molar refractivity (Wildman–Crippen MR) is 102 cm³/mol. The molecule has 0 aliphatic heterocycles. The topological polar surface area (TPSA) is 49.4 Å². The molecular weight excluding hydrogens is 332 g/mol.